The predicted molar refractivity (Wildman–Crippen MR) is 85.8 cm³/mol. The summed E-state index contributed by atoms with van der Waals surface area (Å²) in [5, 5.41) is 14.8. The normalized spacial score (nSPS) is 10.5. The summed E-state index contributed by atoms with van der Waals surface area (Å²) < 4.78 is 5.19. The van der Waals surface area contributed by atoms with Crippen molar-refractivity contribution in [2.24, 2.45) is 5.10 Å². The van der Waals surface area contributed by atoms with Crippen LogP contribution in [0.5, 0.6) is 5.75 Å². The lowest BCUT2D eigenvalue weighted by molar-refractivity contribution is -0.384. The Balaban J connectivity index is 1.81. The molecule has 0 aliphatic carbocycles. The third-order valence-corrected chi connectivity index (χ3v) is 3.06. The maximum Gasteiger partial charge on any atom is 0.277 e. The van der Waals surface area contributed by atoms with Gasteiger partial charge in [0.05, 0.1) is 11.1 Å². The first-order chi connectivity index (χ1) is 11.1. The van der Waals surface area contributed by atoms with Crippen LogP contribution in [0.25, 0.3) is 0 Å². The van der Waals surface area contributed by atoms with Gasteiger partial charge in [0.1, 0.15) is 5.75 Å². The van der Waals surface area contributed by atoms with E-state index in [9.17, 15) is 14.9 Å². The second kappa shape index (κ2) is 7.90. The van der Waals surface area contributed by atoms with Crippen LogP contribution in [0.1, 0.15) is 5.56 Å². The van der Waals surface area contributed by atoms with Crippen molar-refractivity contribution < 1.29 is 14.5 Å². The van der Waals surface area contributed by atoms with Crippen molar-refractivity contribution >= 4 is 29.4 Å². The monoisotopic (exact) mass is 333 g/mol. The van der Waals surface area contributed by atoms with Crippen LogP contribution < -0.4 is 10.2 Å². The number of hydrogen-bond donors (Lipinski definition) is 1. The largest absolute Gasteiger partial charge is 0.484 e. The highest BCUT2D eigenvalue weighted by Gasteiger charge is 2.06. The summed E-state index contributed by atoms with van der Waals surface area (Å²) in [5.74, 6) is -0.118. The Labute approximate surface area is 136 Å². The highest BCUT2D eigenvalue weighted by Crippen LogP contribution is 2.17. The number of amides is 1. The molecule has 2 aromatic carbocycles. The predicted octanol–water partition coefficient (Wildman–Crippen LogP) is 2.78. The number of carbonyl (C=O) groups is 1. The molecule has 0 atom stereocenters. The van der Waals surface area contributed by atoms with Crippen LogP contribution in [0.15, 0.2) is 53.6 Å². The van der Waals surface area contributed by atoms with Crippen molar-refractivity contribution in [1.82, 2.24) is 5.43 Å². The van der Waals surface area contributed by atoms with E-state index in [4.69, 9.17) is 16.3 Å². The van der Waals surface area contributed by atoms with E-state index in [1.165, 1.54) is 30.5 Å². The SMILES string of the molecule is O=C(COc1ccc([N+](=O)[O-])cc1)NN=Cc1ccccc1Cl. The van der Waals surface area contributed by atoms with Gasteiger partial charge in [-0.05, 0) is 18.2 Å². The number of nitro groups is 1. The van der Waals surface area contributed by atoms with Gasteiger partial charge in [-0.2, -0.15) is 5.10 Å². The zero-order valence-corrected chi connectivity index (χ0v) is 12.6. The number of ether oxygens (including phenoxy) is 1. The summed E-state index contributed by atoms with van der Waals surface area (Å²) in [4.78, 5) is 21.6. The third-order valence-electron chi connectivity index (χ3n) is 2.72. The number of hydrogen-bond acceptors (Lipinski definition) is 5. The molecule has 0 unspecified atom stereocenters. The molecule has 0 aliphatic heterocycles. The van der Waals surface area contributed by atoms with Gasteiger partial charge in [0.2, 0.25) is 0 Å². The summed E-state index contributed by atoms with van der Waals surface area (Å²) >= 11 is 5.94. The molecule has 1 amide bonds. The van der Waals surface area contributed by atoms with Gasteiger partial charge in [-0.25, -0.2) is 5.43 Å². The molecule has 2 rings (SSSR count). The van der Waals surface area contributed by atoms with E-state index >= 15 is 0 Å². The lowest BCUT2D eigenvalue weighted by Gasteiger charge is -2.04. The first-order valence-electron chi connectivity index (χ1n) is 6.50. The quantitative estimate of drug-likeness (QED) is 0.499. The van der Waals surface area contributed by atoms with Gasteiger partial charge in [-0.3, -0.25) is 14.9 Å². The molecular weight excluding hydrogens is 322 g/mol. The molecule has 0 aromatic heterocycles. The molecule has 0 heterocycles. The zero-order chi connectivity index (χ0) is 16.7. The number of rotatable bonds is 6. The van der Waals surface area contributed by atoms with Gasteiger partial charge in [0.15, 0.2) is 6.61 Å². The van der Waals surface area contributed by atoms with E-state index in [2.05, 4.69) is 10.5 Å². The highest BCUT2D eigenvalue weighted by molar-refractivity contribution is 6.33. The number of nitro benzene ring substituents is 1. The summed E-state index contributed by atoms with van der Waals surface area (Å²) in [6.07, 6.45) is 1.42. The Morgan fingerprint density at radius 2 is 1.96 bits per heavy atom. The molecule has 0 fully saturated rings. The van der Waals surface area contributed by atoms with Crippen molar-refractivity contribution in [2.45, 2.75) is 0 Å². The molecule has 0 saturated heterocycles. The molecule has 0 bridgehead atoms. The molecule has 0 saturated carbocycles. The lowest BCUT2D eigenvalue weighted by atomic mass is 10.2. The molecule has 2 aromatic rings. The number of carbonyl (C=O) groups excluding carboxylic acids is 1. The number of halogens is 1. The van der Waals surface area contributed by atoms with Crippen molar-refractivity contribution in [3.05, 3.63) is 69.2 Å². The van der Waals surface area contributed by atoms with Crippen molar-refractivity contribution in [3.8, 4) is 5.75 Å². The van der Waals surface area contributed by atoms with Crippen molar-refractivity contribution in [1.29, 1.82) is 0 Å². The standard InChI is InChI=1S/C15H12ClN3O4/c16-14-4-2-1-3-11(14)9-17-18-15(20)10-23-13-7-5-12(6-8-13)19(21)22/h1-9H,10H2,(H,18,20). The van der Waals surface area contributed by atoms with Crippen LogP contribution >= 0.6 is 11.6 Å². The maximum atomic E-state index is 11.6. The summed E-state index contributed by atoms with van der Waals surface area (Å²) in [7, 11) is 0. The molecule has 23 heavy (non-hydrogen) atoms. The average Bonchev–Trinajstić information content (AvgIpc) is 2.55. The van der Waals surface area contributed by atoms with E-state index in [0.29, 0.717) is 16.3 Å². The van der Waals surface area contributed by atoms with Gasteiger partial charge in [0, 0.05) is 22.7 Å². The minimum Gasteiger partial charge on any atom is -0.484 e. The van der Waals surface area contributed by atoms with E-state index in [1.54, 1.807) is 24.3 Å². The van der Waals surface area contributed by atoms with Crippen molar-refractivity contribution in [2.75, 3.05) is 6.61 Å². The minimum absolute atomic E-state index is 0.0499. The summed E-state index contributed by atoms with van der Waals surface area (Å²) in [5.41, 5.74) is 2.92. The molecular formula is C15H12ClN3O4. The Bertz CT molecular complexity index is 732. The van der Waals surface area contributed by atoms with Crippen LogP contribution in [-0.4, -0.2) is 23.7 Å². The molecule has 8 heteroatoms. The summed E-state index contributed by atoms with van der Waals surface area (Å²) in [6.45, 7) is -0.266. The van der Waals surface area contributed by atoms with Gasteiger partial charge < -0.3 is 4.74 Å². The molecule has 1 N–H and O–H groups in total. The maximum absolute atomic E-state index is 11.6. The number of nitrogens with zero attached hydrogens (tertiary/aromatic N) is 2. The van der Waals surface area contributed by atoms with Crippen LogP contribution in [0.3, 0.4) is 0 Å². The Morgan fingerprint density at radius 3 is 2.61 bits per heavy atom. The Hall–Kier alpha value is -2.93. The van der Waals surface area contributed by atoms with Crippen LogP contribution in [-0.2, 0) is 4.79 Å². The van der Waals surface area contributed by atoms with Crippen LogP contribution in [0, 0.1) is 10.1 Å². The Kier molecular flexibility index (Phi) is 5.65. The first-order valence-corrected chi connectivity index (χ1v) is 6.88. The van der Waals surface area contributed by atoms with Gasteiger partial charge in [0.25, 0.3) is 11.6 Å². The molecule has 7 nitrogen and oxygen atoms in total. The average molecular weight is 334 g/mol. The number of benzene rings is 2. The van der Waals surface area contributed by atoms with E-state index in [-0.39, 0.29) is 12.3 Å². The van der Waals surface area contributed by atoms with Gasteiger partial charge in [-0.1, -0.05) is 29.8 Å². The Morgan fingerprint density at radius 1 is 1.26 bits per heavy atom. The topological polar surface area (TPSA) is 93.8 Å². The fraction of sp³-hybridized carbons (Fsp3) is 0.0667. The fourth-order valence-corrected chi connectivity index (χ4v) is 1.78. The van der Waals surface area contributed by atoms with E-state index in [1.807, 2.05) is 0 Å². The molecule has 0 spiro atoms. The molecule has 118 valence electrons. The third kappa shape index (κ3) is 5.08. The zero-order valence-electron chi connectivity index (χ0n) is 11.8. The summed E-state index contributed by atoms with van der Waals surface area (Å²) in [6, 6.07) is 12.5. The molecule has 0 aliphatic rings. The number of nitrogens with one attached hydrogen (secondary N) is 1. The van der Waals surface area contributed by atoms with E-state index < -0.39 is 10.8 Å². The highest BCUT2D eigenvalue weighted by atomic mass is 35.5. The second-order valence-corrected chi connectivity index (χ2v) is 4.76. The first kappa shape index (κ1) is 16.4. The number of hydrazone groups is 1. The lowest BCUT2D eigenvalue weighted by Crippen LogP contribution is -2.24. The molecule has 0 radical (unpaired) electrons. The van der Waals surface area contributed by atoms with Crippen LogP contribution in [0.4, 0.5) is 5.69 Å². The number of non-ortho nitro benzene ring substituents is 1. The van der Waals surface area contributed by atoms with Gasteiger partial charge in [-0.15, -0.1) is 0 Å². The minimum atomic E-state index is -0.514. The van der Waals surface area contributed by atoms with Crippen molar-refractivity contribution in [3.63, 3.8) is 0 Å². The fourth-order valence-electron chi connectivity index (χ4n) is 1.60. The van der Waals surface area contributed by atoms with Gasteiger partial charge >= 0.3 is 0 Å². The second-order valence-electron chi connectivity index (χ2n) is 4.35. The van der Waals surface area contributed by atoms with E-state index in [0.717, 1.165) is 0 Å². The smallest absolute Gasteiger partial charge is 0.277 e. The van der Waals surface area contributed by atoms with Crippen LogP contribution in [0.2, 0.25) is 5.02 Å².